The van der Waals surface area contributed by atoms with Gasteiger partial charge in [-0.05, 0) is 36.6 Å². The van der Waals surface area contributed by atoms with Gasteiger partial charge in [0.2, 0.25) is 0 Å². The number of hydrogen-bond donors (Lipinski definition) is 2. The number of aryl methyl sites for hydroxylation is 1. The molecule has 0 saturated heterocycles. The summed E-state index contributed by atoms with van der Waals surface area (Å²) >= 11 is 1.27. The lowest BCUT2D eigenvalue weighted by Crippen LogP contribution is -2.22. The third-order valence-corrected chi connectivity index (χ3v) is 4.53. The van der Waals surface area contributed by atoms with E-state index in [9.17, 15) is 9.90 Å². The number of aromatic hydroxyl groups is 1. The van der Waals surface area contributed by atoms with Crippen molar-refractivity contribution < 1.29 is 9.90 Å². The topological polar surface area (TPSA) is 62.2 Å². The Kier molecular flexibility index (Phi) is 5.12. The van der Waals surface area contributed by atoms with E-state index in [2.05, 4.69) is 22.1 Å². The van der Waals surface area contributed by atoms with Crippen LogP contribution in [-0.4, -0.2) is 16.0 Å². The summed E-state index contributed by atoms with van der Waals surface area (Å²) in [6.45, 7) is 2.27. The molecule has 0 spiro atoms. The zero-order valence-electron chi connectivity index (χ0n) is 13.6. The van der Waals surface area contributed by atoms with Crippen molar-refractivity contribution in [3.8, 4) is 17.6 Å². The molecule has 0 fully saturated rings. The molecular formula is C20H16N2O2S. The number of hydrogen-bond acceptors (Lipinski definition) is 4. The maximum absolute atomic E-state index is 12.3. The molecule has 4 nitrogen and oxygen atoms in total. The average Bonchev–Trinajstić information content (AvgIpc) is 3.00. The number of carbonyl (C=O) groups is 1. The number of benzene rings is 2. The lowest BCUT2D eigenvalue weighted by atomic mass is 10.2. The third kappa shape index (κ3) is 4.46. The van der Waals surface area contributed by atoms with Crippen LogP contribution < -0.4 is 5.32 Å². The molecule has 0 aliphatic rings. The van der Waals surface area contributed by atoms with Gasteiger partial charge < -0.3 is 10.4 Å². The summed E-state index contributed by atoms with van der Waals surface area (Å²) in [7, 11) is 0. The summed E-state index contributed by atoms with van der Waals surface area (Å²) < 4.78 is 0. The quantitative estimate of drug-likeness (QED) is 0.712. The van der Waals surface area contributed by atoms with Gasteiger partial charge in [-0.25, -0.2) is 4.98 Å². The number of rotatable bonds is 3. The second-order valence-corrected chi connectivity index (χ2v) is 6.40. The molecule has 1 aromatic heterocycles. The van der Waals surface area contributed by atoms with Gasteiger partial charge >= 0.3 is 0 Å². The Morgan fingerprint density at radius 2 is 1.96 bits per heavy atom. The molecule has 3 aromatic rings. The number of thiazole rings is 1. The van der Waals surface area contributed by atoms with Gasteiger partial charge in [-0.3, -0.25) is 4.79 Å². The fraction of sp³-hybridized carbons (Fsp3) is 0.100. The van der Waals surface area contributed by atoms with Crippen molar-refractivity contribution in [1.82, 2.24) is 10.3 Å². The van der Waals surface area contributed by atoms with E-state index >= 15 is 0 Å². The van der Waals surface area contributed by atoms with Gasteiger partial charge in [-0.15, -0.1) is 11.3 Å². The SMILES string of the molecule is Cc1nc(C#Cc2cccc(O)c2)sc1C(=O)NCc1ccccc1. The first-order chi connectivity index (χ1) is 12.1. The maximum Gasteiger partial charge on any atom is 0.263 e. The first-order valence-corrected chi connectivity index (χ1v) is 8.54. The zero-order chi connectivity index (χ0) is 17.6. The summed E-state index contributed by atoms with van der Waals surface area (Å²) in [6, 6.07) is 16.5. The summed E-state index contributed by atoms with van der Waals surface area (Å²) in [5.74, 6) is 5.91. The predicted molar refractivity (Wildman–Crippen MR) is 98.5 cm³/mol. The molecule has 0 aliphatic carbocycles. The smallest absolute Gasteiger partial charge is 0.263 e. The van der Waals surface area contributed by atoms with E-state index in [1.54, 1.807) is 31.2 Å². The van der Waals surface area contributed by atoms with Crippen molar-refractivity contribution in [3.63, 3.8) is 0 Å². The van der Waals surface area contributed by atoms with Crippen LogP contribution in [0.25, 0.3) is 0 Å². The van der Waals surface area contributed by atoms with Gasteiger partial charge in [-0.2, -0.15) is 0 Å². The lowest BCUT2D eigenvalue weighted by Gasteiger charge is -2.03. The number of phenolic OH excluding ortho intramolecular Hbond substituents is 1. The van der Waals surface area contributed by atoms with E-state index in [-0.39, 0.29) is 11.7 Å². The maximum atomic E-state index is 12.3. The molecule has 124 valence electrons. The Balaban J connectivity index is 1.71. The second-order valence-electron chi connectivity index (χ2n) is 5.40. The van der Waals surface area contributed by atoms with Crippen LogP contribution in [0.5, 0.6) is 5.75 Å². The number of nitrogens with zero attached hydrogens (tertiary/aromatic N) is 1. The van der Waals surface area contributed by atoms with Crippen LogP contribution in [-0.2, 0) is 6.54 Å². The molecule has 1 heterocycles. The minimum absolute atomic E-state index is 0.149. The number of carbonyl (C=O) groups excluding carboxylic acids is 1. The molecule has 1 amide bonds. The number of nitrogens with one attached hydrogen (secondary N) is 1. The van der Waals surface area contributed by atoms with Crippen molar-refractivity contribution in [3.05, 3.63) is 81.3 Å². The summed E-state index contributed by atoms with van der Waals surface area (Å²) in [4.78, 5) is 17.3. The standard InChI is InChI=1S/C20H16N2O2S/c1-14-19(20(24)21-13-16-6-3-2-4-7-16)25-18(22-14)11-10-15-8-5-9-17(23)12-15/h2-9,12,23H,13H2,1H3,(H,21,24). The van der Waals surface area contributed by atoms with Crippen molar-refractivity contribution >= 4 is 17.2 Å². The highest BCUT2D eigenvalue weighted by Gasteiger charge is 2.14. The Morgan fingerprint density at radius 1 is 1.16 bits per heavy atom. The zero-order valence-corrected chi connectivity index (χ0v) is 14.4. The summed E-state index contributed by atoms with van der Waals surface area (Å²) in [5.41, 5.74) is 2.40. The molecule has 3 rings (SSSR count). The van der Waals surface area contributed by atoms with Crippen molar-refractivity contribution in [1.29, 1.82) is 0 Å². The highest BCUT2D eigenvalue weighted by Crippen LogP contribution is 2.18. The molecule has 5 heteroatoms. The molecule has 0 aliphatic heterocycles. The van der Waals surface area contributed by atoms with Gasteiger partial charge in [0.15, 0.2) is 5.01 Å². The van der Waals surface area contributed by atoms with Gasteiger partial charge in [0.25, 0.3) is 5.91 Å². The third-order valence-electron chi connectivity index (χ3n) is 3.46. The molecule has 0 atom stereocenters. The average molecular weight is 348 g/mol. The normalized spacial score (nSPS) is 9.96. The number of phenols is 1. The van der Waals surface area contributed by atoms with Gasteiger partial charge in [0.1, 0.15) is 10.6 Å². The minimum Gasteiger partial charge on any atom is -0.508 e. The Labute approximate surface area is 150 Å². The van der Waals surface area contributed by atoms with E-state index in [0.29, 0.717) is 27.7 Å². The van der Waals surface area contributed by atoms with Crippen molar-refractivity contribution in [2.45, 2.75) is 13.5 Å². The first kappa shape index (κ1) is 16.7. The molecule has 0 bridgehead atoms. The molecule has 2 aromatic carbocycles. The van der Waals surface area contributed by atoms with Gasteiger partial charge in [0.05, 0.1) is 5.69 Å². The highest BCUT2D eigenvalue weighted by atomic mass is 32.1. The van der Waals surface area contributed by atoms with Crippen molar-refractivity contribution in [2.75, 3.05) is 0 Å². The van der Waals surface area contributed by atoms with Crippen LogP contribution in [0.3, 0.4) is 0 Å². The van der Waals surface area contributed by atoms with Crippen LogP contribution in [0, 0.1) is 18.8 Å². The lowest BCUT2D eigenvalue weighted by molar-refractivity contribution is 0.0954. The Morgan fingerprint density at radius 3 is 2.72 bits per heavy atom. The van der Waals surface area contributed by atoms with E-state index < -0.39 is 0 Å². The van der Waals surface area contributed by atoms with Gasteiger partial charge in [0, 0.05) is 12.1 Å². The number of aromatic nitrogens is 1. The first-order valence-electron chi connectivity index (χ1n) is 7.72. The molecule has 25 heavy (non-hydrogen) atoms. The van der Waals surface area contributed by atoms with Crippen LogP contribution in [0.1, 0.15) is 31.5 Å². The molecule has 0 radical (unpaired) electrons. The van der Waals surface area contributed by atoms with E-state index in [0.717, 1.165) is 5.56 Å². The van der Waals surface area contributed by atoms with E-state index in [1.807, 2.05) is 30.3 Å². The monoisotopic (exact) mass is 348 g/mol. The predicted octanol–water partition coefficient (Wildman–Crippen LogP) is 3.49. The van der Waals surface area contributed by atoms with Crippen molar-refractivity contribution in [2.24, 2.45) is 0 Å². The molecular weight excluding hydrogens is 332 g/mol. The number of amides is 1. The van der Waals surface area contributed by atoms with Crippen LogP contribution >= 0.6 is 11.3 Å². The highest BCUT2D eigenvalue weighted by molar-refractivity contribution is 7.14. The fourth-order valence-electron chi connectivity index (χ4n) is 2.23. The second kappa shape index (κ2) is 7.65. The van der Waals surface area contributed by atoms with Gasteiger partial charge in [-0.1, -0.05) is 42.3 Å². The molecule has 0 saturated carbocycles. The van der Waals surface area contributed by atoms with Crippen LogP contribution in [0.4, 0.5) is 0 Å². The van der Waals surface area contributed by atoms with Crippen LogP contribution in [0.15, 0.2) is 54.6 Å². The minimum atomic E-state index is -0.149. The molecule has 2 N–H and O–H groups in total. The largest absolute Gasteiger partial charge is 0.508 e. The van der Waals surface area contributed by atoms with Crippen LogP contribution in [0.2, 0.25) is 0 Å². The fourth-order valence-corrected chi connectivity index (χ4v) is 3.06. The Bertz CT molecular complexity index is 953. The van der Waals surface area contributed by atoms with E-state index in [4.69, 9.17) is 0 Å². The Hall–Kier alpha value is -3.10. The summed E-state index contributed by atoms with van der Waals surface area (Å²) in [6.07, 6.45) is 0. The molecule has 0 unspecified atom stereocenters. The summed E-state index contributed by atoms with van der Waals surface area (Å²) in [5, 5.41) is 12.9. The van der Waals surface area contributed by atoms with E-state index in [1.165, 1.54) is 11.3 Å².